The fraction of sp³-hybridized carbons (Fsp3) is 0.943. The molecular formula is C35H60O6. The van der Waals surface area contributed by atoms with Crippen LogP contribution in [0.4, 0.5) is 0 Å². The molecule has 4 unspecified atom stereocenters. The van der Waals surface area contributed by atoms with Crippen molar-refractivity contribution in [2.24, 2.45) is 52.3 Å². The van der Waals surface area contributed by atoms with Gasteiger partial charge in [0.25, 0.3) is 0 Å². The van der Waals surface area contributed by atoms with Gasteiger partial charge in [-0.15, -0.1) is 0 Å². The summed E-state index contributed by atoms with van der Waals surface area (Å²) >= 11 is 0. The zero-order valence-electron chi connectivity index (χ0n) is 26.7. The SMILES string of the molecule is CC[C@H](CC[C@@H](C)[C@H]1CCC2C3=CCC4CC(O[C@@H]5O[C@H](CO)[C@@H](O)[C@H](O)[C@H]5O)CC[C@]4(C)C3CC[C@@]21C)C(C)C. The van der Waals surface area contributed by atoms with Crippen LogP contribution in [0.3, 0.4) is 0 Å². The molecule has 0 aromatic heterocycles. The van der Waals surface area contributed by atoms with Crippen molar-refractivity contribution in [1.29, 1.82) is 0 Å². The number of ether oxygens (including phenoxy) is 2. The quantitative estimate of drug-likeness (QED) is 0.257. The molecule has 4 N–H and O–H groups in total. The number of hydrogen-bond acceptors (Lipinski definition) is 6. The molecule has 41 heavy (non-hydrogen) atoms. The van der Waals surface area contributed by atoms with Crippen LogP contribution in [0.15, 0.2) is 11.6 Å². The third-order valence-electron chi connectivity index (χ3n) is 13.4. The Morgan fingerprint density at radius 2 is 1.63 bits per heavy atom. The summed E-state index contributed by atoms with van der Waals surface area (Å²) in [4.78, 5) is 0. The molecule has 1 aliphatic heterocycles. The Morgan fingerprint density at radius 1 is 0.927 bits per heavy atom. The molecule has 14 atom stereocenters. The monoisotopic (exact) mass is 576 g/mol. The number of allylic oxidation sites excluding steroid dienone is 2. The first-order chi connectivity index (χ1) is 19.4. The Bertz CT molecular complexity index is 918. The molecule has 4 aliphatic carbocycles. The van der Waals surface area contributed by atoms with Gasteiger partial charge in [-0.05, 0) is 110 Å². The highest BCUT2D eigenvalue weighted by Crippen LogP contribution is 2.67. The first kappa shape index (κ1) is 31.9. The molecule has 6 heteroatoms. The number of aliphatic hydroxyl groups excluding tert-OH is 4. The van der Waals surface area contributed by atoms with E-state index < -0.39 is 37.3 Å². The van der Waals surface area contributed by atoms with Gasteiger partial charge in [-0.1, -0.05) is 66.0 Å². The van der Waals surface area contributed by atoms with E-state index in [1.165, 1.54) is 44.9 Å². The second kappa shape index (κ2) is 12.5. The average molecular weight is 577 g/mol. The van der Waals surface area contributed by atoms with Crippen LogP contribution in [0.25, 0.3) is 0 Å². The Labute approximate surface area is 249 Å². The number of aliphatic hydroxyl groups is 4. The van der Waals surface area contributed by atoms with Gasteiger partial charge in [0.2, 0.25) is 0 Å². The first-order valence-electron chi connectivity index (χ1n) is 17.1. The molecule has 0 aromatic carbocycles. The summed E-state index contributed by atoms with van der Waals surface area (Å²) in [5, 5.41) is 40.4. The molecule has 0 spiro atoms. The molecule has 0 aromatic rings. The van der Waals surface area contributed by atoms with Crippen LogP contribution in [0.2, 0.25) is 0 Å². The van der Waals surface area contributed by atoms with Gasteiger partial charge in [0.15, 0.2) is 6.29 Å². The van der Waals surface area contributed by atoms with Crippen molar-refractivity contribution in [3.8, 4) is 0 Å². The average Bonchev–Trinajstić information content (AvgIpc) is 3.30. The lowest BCUT2D eigenvalue weighted by Crippen LogP contribution is -2.60. The van der Waals surface area contributed by atoms with Crippen molar-refractivity contribution in [2.75, 3.05) is 6.61 Å². The van der Waals surface area contributed by atoms with Crippen molar-refractivity contribution in [1.82, 2.24) is 0 Å². The van der Waals surface area contributed by atoms with E-state index in [0.717, 1.165) is 55.3 Å². The van der Waals surface area contributed by atoms with E-state index in [4.69, 9.17) is 9.47 Å². The van der Waals surface area contributed by atoms with Crippen molar-refractivity contribution in [2.45, 2.75) is 149 Å². The molecule has 0 amide bonds. The summed E-state index contributed by atoms with van der Waals surface area (Å²) in [6, 6.07) is 0. The highest BCUT2D eigenvalue weighted by atomic mass is 16.7. The fourth-order valence-corrected chi connectivity index (χ4v) is 10.6. The van der Waals surface area contributed by atoms with Crippen LogP contribution in [-0.2, 0) is 9.47 Å². The molecule has 0 bridgehead atoms. The van der Waals surface area contributed by atoms with Gasteiger partial charge in [0.1, 0.15) is 24.4 Å². The van der Waals surface area contributed by atoms with Crippen LogP contribution >= 0.6 is 0 Å². The van der Waals surface area contributed by atoms with Gasteiger partial charge >= 0.3 is 0 Å². The maximum absolute atomic E-state index is 10.5. The van der Waals surface area contributed by atoms with Crippen LogP contribution in [0, 0.1) is 52.3 Å². The summed E-state index contributed by atoms with van der Waals surface area (Å²) in [5.74, 6) is 5.21. The van der Waals surface area contributed by atoms with E-state index in [1.54, 1.807) is 5.57 Å². The molecule has 1 heterocycles. The zero-order chi connectivity index (χ0) is 29.7. The minimum absolute atomic E-state index is 0.0622. The van der Waals surface area contributed by atoms with Crippen molar-refractivity contribution < 1.29 is 29.9 Å². The standard InChI is InChI=1S/C35H60O6/c1-7-22(20(2)3)9-8-21(4)26-12-13-27-25-11-10-23-18-24(14-16-34(23,5)28(25)15-17-35(26,27)6)40-33-32(39)31(38)30(37)29(19-36)41-33/h11,20-24,26-33,36-39H,7-10,12-19H2,1-6H3/t21-,22-,23?,24?,26-,27?,28?,29-,30-,31+,32-,33-,34+,35-/m1/s1. The normalized spacial score (nSPS) is 47.7. The third kappa shape index (κ3) is 5.73. The summed E-state index contributed by atoms with van der Waals surface area (Å²) in [7, 11) is 0. The van der Waals surface area contributed by atoms with Crippen molar-refractivity contribution in [3.05, 3.63) is 11.6 Å². The molecule has 5 aliphatic rings. The Hall–Kier alpha value is -0.500. The minimum atomic E-state index is -1.39. The molecule has 6 nitrogen and oxygen atoms in total. The minimum Gasteiger partial charge on any atom is -0.394 e. The second-order valence-corrected chi connectivity index (χ2v) is 15.7. The third-order valence-corrected chi connectivity index (χ3v) is 13.4. The molecule has 236 valence electrons. The summed E-state index contributed by atoms with van der Waals surface area (Å²) in [5.41, 5.74) is 2.50. The van der Waals surface area contributed by atoms with Gasteiger partial charge in [-0.3, -0.25) is 0 Å². The number of fused-ring (bicyclic) bond motifs is 5. The van der Waals surface area contributed by atoms with Crippen LogP contribution < -0.4 is 0 Å². The Morgan fingerprint density at radius 3 is 2.32 bits per heavy atom. The number of rotatable bonds is 9. The van der Waals surface area contributed by atoms with Crippen LogP contribution in [0.1, 0.15) is 112 Å². The predicted octanol–water partition coefficient (Wildman–Crippen LogP) is 5.85. The lowest BCUT2D eigenvalue weighted by molar-refractivity contribution is -0.315. The van der Waals surface area contributed by atoms with Crippen molar-refractivity contribution >= 4 is 0 Å². The van der Waals surface area contributed by atoms with E-state index in [9.17, 15) is 20.4 Å². The second-order valence-electron chi connectivity index (χ2n) is 15.7. The Kier molecular flexibility index (Phi) is 9.71. The van der Waals surface area contributed by atoms with Crippen LogP contribution in [-0.4, -0.2) is 63.8 Å². The molecule has 3 saturated carbocycles. The lowest BCUT2D eigenvalue weighted by Gasteiger charge is -2.58. The van der Waals surface area contributed by atoms with E-state index in [1.807, 2.05) is 0 Å². The zero-order valence-corrected chi connectivity index (χ0v) is 26.7. The van der Waals surface area contributed by atoms with Gasteiger partial charge < -0.3 is 29.9 Å². The van der Waals surface area contributed by atoms with Gasteiger partial charge in [-0.2, -0.15) is 0 Å². The van der Waals surface area contributed by atoms with Gasteiger partial charge in [-0.25, -0.2) is 0 Å². The van der Waals surface area contributed by atoms with E-state index in [-0.39, 0.29) is 11.5 Å². The molecule has 0 radical (unpaired) electrons. The topological polar surface area (TPSA) is 99.4 Å². The number of hydrogen-bond donors (Lipinski definition) is 4. The summed E-state index contributed by atoms with van der Waals surface area (Å²) in [6.45, 7) is 14.5. The summed E-state index contributed by atoms with van der Waals surface area (Å²) < 4.78 is 11.9. The highest BCUT2D eigenvalue weighted by molar-refractivity contribution is 5.27. The van der Waals surface area contributed by atoms with Crippen LogP contribution in [0.5, 0.6) is 0 Å². The Balaban J connectivity index is 1.24. The van der Waals surface area contributed by atoms with E-state index in [2.05, 4.69) is 47.6 Å². The van der Waals surface area contributed by atoms with Gasteiger partial charge in [0, 0.05) is 0 Å². The highest BCUT2D eigenvalue weighted by Gasteiger charge is 2.58. The molecule has 4 fully saturated rings. The van der Waals surface area contributed by atoms with E-state index >= 15 is 0 Å². The maximum atomic E-state index is 10.5. The largest absolute Gasteiger partial charge is 0.394 e. The lowest BCUT2D eigenvalue weighted by atomic mass is 9.47. The predicted molar refractivity (Wildman–Crippen MR) is 161 cm³/mol. The first-order valence-corrected chi connectivity index (χ1v) is 17.1. The molecule has 1 saturated heterocycles. The van der Waals surface area contributed by atoms with Crippen molar-refractivity contribution in [3.63, 3.8) is 0 Å². The van der Waals surface area contributed by atoms with E-state index in [0.29, 0.717) is 17.3 Å². The fourth-order valence-electron chi connectivity index (χ4n) is 10.6. The smallest absolute Gasteiger partial charge is 0.186 e. The molecular weight excluding hydrogens is 516 g/mol. The van der Waals surface area contributed by atoms with Gasteiger partial charge in [0.05, 0.1) is 12.7 Å². The summed E-state index contributed by atoms with van der Waals surface area (Å²) in [6.07, 6.45) is 10.0. The molecule has 5 rings (SSSR count). The maximum Gasteiger partial charge on any atom is 0.186 e.